The van der Waals surface area contributed by atoms with Crippen LogP contribution in [-0.4, -0.2) is 35.1 Å². The van der Waals surface area contributed by atoms with Gasteiger partial charge in [0.1, 0.15) is 6.10 Å². The molecule has 0 saturated heterocycles. The van der Waals surface area contributed by atoms with E-state index in [1.165, 1.54) is 0 Å². The molecule has 5 nitrogen and oxygen atoms in total. The summed E-state index contributed by atoms with van der Waals surface area (Å²) >= 11 is 0. The standard InChI is InChI=1S/C8H15NO4/c9-8(12)13-7-2-1-6(11)3-5(7)4-10/h5-7,10-11H,1-4H2,(H2,9,12). The summed E-state index contributed by atoms with van der Waals surface area (Å²) in [7, 11) is 0. The molecule has 0 heterocycles. The monoisotopic (exact) mass is 189 g/mol. The Kier molecular flexibility index (Phi) is 3.50. The number of carbonyl (C=O) groups excluding carboxylic acids is 1. The second-order valence-corrected chi connectivity index (χ2v) is 3.38. The molecule has 1 saturated carbocycles. The summed E-state index contributed by atoms with van der Waals surface area (Å²) in [5, 5.41) is 18.2. The Morgan fingerprint density at radius 3 is 2.77 bits per heavy atom. The first-order valence-corrected chi connectivity index (χ1v) is 4.38. The molecular weight excluding hydrogens is 174 g/mol. The van der Waals surface area contributed by atoms with E-state index in [0.29, 0.717) is 19.3 Å². The SMILES string of the molecule is NC(=O)OC1CCC(O)CC1CO. The summed E-state index contributed by atoms with van der Waals surface area (Å²) in [6.07, 6.45) is 0.0636. The highest BCUT2D eigenvalue weighted by Gasteiger charge is 2.31. The van der Waals surface area contributed by atoms with E-state index in [1.54, 1.807) is 0 Å². The number of nitrogens with two attached hydrogens (primary N) is 1. The number of rotatable bonds is 2. The lowest BCUT2D eigenvalue weighted by atomic mass is 9.85. The smallest absolute Gasteiger partial charge is 0.404 e. The molecule has 0 bridgehead atoms. The zero-order valence-corrected chi connectivity index (χ0v) is 7.35. The Morgan fingerprint density at radius 1 is 1.54 bits per heavy atom. The molecule has 1 rings (SSSR count). The van der Waals surface area contributed by atoms with E-state index in [0.717, 1.165) is 0 Å². The maximum absolute atomic E-state index is 10.5. The normalized spacial score (nSPS) is 34.2. The molecule has 0 aromatic rings. The number of hydrogen-bond donors (Lipinski definition) is 3. The minimum absolute atomic E-state index is 0.0883. The molecule has 76 valence electrons. The van der Waals surface area contributed by atoms with Crippen molar-refractivity contribution in [2.75, 3.05) is 6.61 Å². The molecular formula is C8H15NO4. The van der Waals surface area contributed by atoms with Gasteiger partial charge in [0.25, 0.3) is 0 Å². The molecule has 1 fully saturated rings. The molecule has 1 aliphatic carbocycles. The van der Waals surface area contributed by atoms with Crippen LogP contribution in [0.1, 0.15) is 19.3 Å². The predicted molar refractivity (Wildman–Crippen MR) is 44.9 cm³/mol. The van der Waals surface area contributed by atoms with Gasteiger partial charge in [0, 0.05) is 12.5 Å². The maximum Gasteiger partial charge on any atom is 0.404 e. The zero-order chi connectivity index (χ0) is 9.84. The van der Waals surface area contributed by atoms with Gasteiger partial charge in [0.05, 0.1) is 6.10 Å². The lowest BCUT2D eigenvalue weighted by molar-refractivity contribution is -0.0222. The topological polar surface area (TPSA) is 92.8 Å². The quantitative estimate of drug-likeness (QED) is 0.551. The van der Waals surface area contributed by atoms with Gasteiger partial charge in [-0.05, 0) is 19.3 Å². The van der Waals surface area contributed by atoms with E-state index >= 15 is 0 Å². The van der Waals surface area contributed by atoms with Gasteiger partial charge in [-0.2, -0.15) is 0 Å². The highest BCUT2D eigenvalue weighted by Crippen LogP contribution is 2.26. The number of aliphatic hydroxyl groups is 2. The highest BCUT2D eigenvalue weighted by molar-refractivity contribution is 5.64. The third-order valence-electron chi connectivity index (χ3n) is 2.39. The van der Waals surface area contributed by atoms with Gasteiger partial charge in [-0.25, -0.2) is 4.79 Å². The summed E-state index contributed by atoms with van der Waals surface area (Å²) in [5.74, 6) is -0.184. The molecule has 5 heteroatoms. The number of hydrogen-bond acceptors (Lipinski definition) is 4. The van der Waals surface area contributed by atoms with Crippen molar-refractivity contribution in [3.05, 3.63) is 0 Å². The number of aliphatic hydroxyl groups excluding tert-OH is 2. The van der Waals surface area contributed by atoms with Gasteiger partial charge in [-0.15, -0.1) is 0 Å². The van der Waals surface area contributed by atoms with Gasteiger partial charge < -0.3 is 20.7 Å². The van der Waals surface area contributed by atoms with E-state index in [9.17, 15) is 9.90 Å². The highest BCUT2D eigenvalue weighted by atomic mass is 16.6. The van der Waals surface area contributed by atoms with Crippen molar-refractivity contribution in [1.29, 1.82) is 0 Å². The van der Waals surface area contributed by atoms with Crippen molar-refractivity contribution >= 4 is 6.09 Å². The number of primary amides is 1. The fourth-order valence-corrected chi connectivity index (χ4v) is 1.71. The molecule has 3 unspecified atom stereocenters. The Bertz CT molecular complexity index is 185. The van der Waals surface area contributed by atoms with Gasteiger partial charge in [-0.1, -0.05) is 0 Å². The Hall–Kier alpha value is -0.810. The fourth-order valence-electron chi connectivity index (χ4n) is 1.71. The van der Waals surface area contributed by atoms with Crippen LogP contribution >= 0.6 is 0 Å². The molecule has 0 radical (unpaired) electrons. The minimum Gasteiger partial charge on any atom is -0.446 e. The number of carbonyl (C=O) groups is 1. The van der Waals surface area contributed by atoms with Gasteiger partial charge >= 0.3 is 6.09 Å². The molecule has 1 aliphatic rings. The largest absolute Gasteiger partial charge is 0.446 e. The van der Waals surface area contributed by atoms with Crippen molar-refractivity contribution in [2.24, 2.45) is 11.7 Å². The van der Waals surface area contributed by atoms with Crippen molar-refractivity contribution in [1.82, 2.24) is 0 Å². The third-order valence-corrected chi connectivity index (χ3v) is 2.39. The first-order chi connectivity index (χ1) is 6.13. The van der Waals surface area contributed by atoms with E-state index in [2.05, 4.69) is 0 Å². The predicted octanol–water partition coefficient (Wildman–Crippen LogP) is -0.396. The summed E-state index contributed by atoms with van der Waals surface area (Å²) < 4.78 is 4.81. The molecule has 0 aliphatic heterocycles. The van der Waals surface area contributed by atoms with Crippen molar-refractivity contribution < 1.29 is 19.7 Å². The zero-order valence-electron chi connectivity index (χ0n) is 7.35. The second kappa shape index (κ2) is 4.43. The van der Waals surface area contributed by atoms with Crippen molar-refractivity contribution in [2.45, 2.75) is 31.5 Å². The van der Waals surface area contributed by atoms with E-state index in [4.69, 9.17) is 15.6 Å². The van der Waals surface area contributed by atoms with Crippen LogP contribution in [0.2, 0.25) is 0 Å². The van der Waals surface area contributed by atoms with Crippen LogP contribution in [0.3, 0.4) is 0 Å². The summed E-state index contributed by atoms with van der Waals surface area (Å²) in [4.78, 5) is 10.5. The lowest BCUT2D eigenvalue weighted by Gasteiger charge is -2.31. The maximum atomic E-state index is 10.5. The summed E-state index contributed by atoms with van der Waals surface area (Å²) in [5.41, 5.74) is 4.87. The molecule has 1 amide bonds. The fraction of sp³-hybridized carbons (Fsp3) is 0.875. The van der Waals surface area contributed by atoms with Crippen LogP contribution in [0, 0.1) is 5.92 Å². The molecule has 0 spiro atoms. The average molecular weight is 189 g/mol. The molecule has 4 N–H and O–H groups in total. The van der Waals surface area contributed by atoms with E-state index in [-0.39, 0.29) is 18.6 Å². The van der Waals surface area contributed by atoms with Crippen LogP contribution < -0.4 is 5.73 Å². The minimum atomic E-state index is -0.820. The van der Waals surface area contributed by atoms with Crippen LogP contribution in [-0.2, 0) is 4.74 Å². The van der Waals surface area contributed by atoms with Crippen LogP contribution in [0.4, 0.5) is 4.79 Å². The molecule has 0 aromatic heterocycles. The van der Waals surface area contributed by atoms with Gasteiger partial charge in [0.15, 0.2) is 0 Å². The average Bonchev–Trinajstić information content (AvgIpc) is 2.07. The first-order valence-electron chi connectivity index (χ1n) is 4.38. The Balaban J connectivity index is 2.47. The van der Waals surface area contributed by atoms with Crippen LogP contribution in [0.25, 0.3) is 0 Å². The van der Waals surface area contributed by atoms with Gasteiger partial charge in [-0.3, -0.25) is 0 Å². The van der Waals surface area contributed by atoms with E-state index in [1.807, 2.05) is 0 Å². The van der Waals surface area contributed by atoms with Crippen LogP contribution in [0.15, 0.2) is 0 Å². The Morgan fingerprint density at radius 2 is 2.23 bits per heavy atom. The Labute approximate surface area is 76.5 Å². The molecule has 0 aromatic carbocycles. The first kappa shape index (κ1) is 10.3. The lowest BCUT2D eigenvalue weighted by Crippen LogP contribution is -2.38. The summed E-state index contributed by atoms with van der Waals surface area (Å²) in [6.45, 7) is -0.0883. The van der Waals surface area contributed by atoms with Gasteiger partial charge in [0.2, 0.25) is 0 Å². The van der Waals surface area contributed by atoms with Crippen molar-refractivity contribution in [3.8, 4) is 0 Å². The number of ether oxygens (including phenoxy) is 1. The molecule has 3 atom stereocenters. The third kappa shape index (κ3) is 2.86. The van der Waals surface area contributed by atoms with E-state index < -0.39 is 12.2 Å². The van der Waals surface area contributed by atoms with Crippen LogP contribution in [0.5, 0.6) is 0 Å². The second-order valence-electron chi connectivity index (χ2n) is 3.38. The molecule has 13 heavy (non-hydrogen) atoms. The number of amides is 1. The van der Waals surface area contributed by atoms with Crippen molar-refractivity contribution in [3.63, 3.8) is 0 Å². The summed E-state index contributed by atoms with van der Waals surface area (Å²) in [6, 6.07) is 0.